The van der Waals surface area contributed by atoms with Crippen LogP contribution in [0, 0.1) is 6.92 Å². The van der Waals surface area contributed by atoms with Gasteiger partial charge in [-0.25, -0.2) is 9.78 Å². The number of carbonyl (C=O) groups is 1. The van der Waals surface area contributed by atoms with Crippen LogP contribution in [0.3, 0.4) is 0 Å². The zero-order valence-electron chi connectivity index (χ0n) is 13.8. The standard InChI is InChI=1S/C10H7NO2.C9H8N3.Ir/c12-10(13)9-8-4-2-1-3-7(8)5-6-11-9;1-7-6-9(12-11-7)8-4-2-3-5-10-8;/h1-6H,(H,12,13);2-6H,1H3;/q;-1;. The molecule has 0 bridgehead atoms. The largest absolute Gasteiger partial charge is 0.574 e. The average Bonchev–Trinajstić information content (AvgIpc) is 3.09. The van der Waals surface area contributed by atoms with E-state index in [1.807, 2.05) is 43.3 Å². The molecule has 1 radical (unpaired) electrons. The summed E-state index contributed by atoms with van der Waals surface area (Å²) >= 11 is 0. The Kier molecular flexibility index (Phi) is 6.72. The first-order chi connectivity index (χ1) is 12.1. The molecule has 1 N–H and O–H groups in total. The third-order valence-electron chi connectivity index (χ3n) is 3.46. The molecule has 0 aliphatic rings. The van der Waals surface area contributed by atoms with Crippen LogP contribution in [0.2, 0.25) is 0 Å². The van der Waals surface area contributed by atoms with Gasteiger partial charge in [0.25, 0.3) is 0 Å². The smallest absolute Gasteiger partial charge is 0.355 e. The number of benzene rings is 1. The van der Waals surface area contributed by atoms with Crippen molar-refractivity contribution in [3.05, 3.63) is 78.4 Å². The number of aromatic carboxylic acids is 1. The molecular formula is C19H15IrN4O2-. The Bertz CT molecular complexity index is 997. The molecule has 1 aromatic carbocycles. The van der Waals surface area contributed by atoms with Crippen LogP contribution in [0.1, 0.15) is 16.2 Å². The summed E-state index contributed by atoms with van der Waals surface area (Å²) in [7, 11) is 0. The number of hydrogen-bond donors (Lipinski definition) is 1. The molecule has 0 saturated carbocycles. The molecule has 0 fully saturated rings. The van der Waals surface area contributed by atoms with Crippen molar-refractivity contribution < 1.29 is 30.0 Å². The van der Waals surface area contributed by atoms with E-state index < -0.39 is 5.97 Å². The van der Waals surface area contributed by atoms with Gasteiger partial charge in [-0.15, -0.1) is 0 Å². The van der Waals surface area contributed by atoms with Gasteiger partial charge in [0, 0.05) is 49.3 Å². The summed E-state index contributed by atoms with van der Waals surface area (Å²) < 4.78 is 0. The van der Waals surface area contributed by atoms with Crippen molar-refractivity contribution in [2.75, 3.05) is 0 Å². The minimum absolute atomic E-state index is 0. The third-order valence-corrected chi connectivity index (χ3v) is 3.46. The first-order valence-electron chi connectivity index (χ1n) is 7.60. The van der Waals surface area contributed by atoms with E-state index in [0.717, 1.165) is 22.5 Å². The fraction of sp³-hybridized carbons (Fsp3) is 0.0526. The number of carboxylic acid groups (broad SMARTS) is 1. The van der Waals surface area contributed by atoms with E-state index in [4.69, 9.17) is 5.11 Å². The molecule has 3 aromatic heterocycles. The van der Waals surface area contributed by atoms with E-state index in [-0.39, 0.29) is 25.8 Å². The Hall–Kier alpha value is -2.89. The van der Waals surface area contributed by atoms with Crippen molar-refractivity contribution >= 4 is 16.7 Å². The topological polar surface area (TPSA) is 90.1 Å². The van der Waals surface area contributed by atoms with Gasteiger partial charge in [0.05, 0.1) is 0 Å². The van der Waals surface area contributed by atoms with Gasteiger partial charge in [0.1, 0.15) is 0 Å². The number of carboxylic acids is 1. The van der Waals surface area contributed by atoms with Crippen LogP contribution in [0.5, 0.6) is 0 Å². The molecule has 133 valence electrons. The number of rotatable bonds is 2. The first kappa shape index (κ1) is 19.4. The maximum atomic E-state index is 10.8. The molecule has 0 spiro atoms. The van der Waals surface area contributed by atoms with Crippen molar-refractivity contribution in [3.8, 4) is 11.4 Å². The van der Waals surface area contributed by atoms with Gasteiger partial charge in [-0.1, -0.05) is 42.1 Å². The van der Waals surface area contributed by atoms with Crippen LogP contribution >= 0.6 is 0 Å². The summed E-state index contributed by atoms with van der Waals surface area (Å²) in [5.41, 5.74) is 2.75. The fourth-order valence-electron chi connectivity index (χ4n) is 2.32. The number of aromatic nitrogens is 4. The van der Waals surface area contributed by atoms with Crippen molar-refractivity contribution in [3.63, 3.8) is 0 Å². The molecule has 4 aromatic rings. The van der Waals surface area contributed by atoms with Crippen LogP contribution in [0.4, 0.5) is 0 Å². The summed E-state index contributed by atoms with van der Waals surface area (Å²) in [6, 6.07) is 16.7. The SMILES string of the molecule is Cc1cc(-c2ccccn2)[n-]n1.O=C(O)c1nccc2ccccc12.[Ir]. The van der Waals surface area contributed by atoms with Crippen molar-refractivity contribution in [1.29, 1.82) is 0 Å². The van der Waals surface area contributed by atoms with Gasteiger partial charge in [0.15, 0.2) is 5.69 Å². The van der Waals surface area contributed by atoms with Gasteiger partial charge >= 0.3 is 5.97 Å². The van der Waals surface area contributed by atoms with Crippen molar-refractivity contribution in [1.82, 2.24) is 20.2 Å². The maximum Gasteiger partial charge on any atom is 0.355 e. The van der Waals surface area contributed by atoms with E-state index in [1.165, 1.54) is 6.20 Å². The Labute approximate surface area is 163 Å². The fourth-order valence-corrected chi connectivity index (χ4v) is 2.32. The number of aryl methyl sites for hydroxylation is 1. The van der Waals surface area contributed by atoms with Crippen LogP contribution in [0.15, 0.2) is 67.0 Å². The predicted molar refractivity (Wildman–Crippen MR) is 94.2 cm³/mol. The molecule has 0 amide bonds. The molecule has 0 aliphatic heterocycles. The van der Waals surface area contributed by atoms with E-state index in [2.05, 4.69) is 20.2 Å². The second-order valence-corrected chi connectivity index (χ2v) is 5.27. The second-order valence-electron chi connectivity index (χ2n) is 5.27. The summed E-state index contributed by atoms with van der Waals surface area (Å²) in [5, 5.41) is 18.3. The molecule has 3 heterocycles. The summed E-state index contributed by atoms with van der Waals surface area (Å²) in [5.74, 6) is -0.989. The molecule has 7 heteroatoms. The summed E-state index contributed by atoms with van der Waals surface area (Å²) in [4.78, 5) is 18.7. The van der Waals surface area contributed by atoms with Gasteiger partial charge < -0.3 is 15.3 Å². The van der Waals surface area contributed by atoms with Gasteiger partial charge in [-0.05, 0) is 30.5 Å². The maximum absolute atomic E-state index is 10.8. The Morgan fingerprint density at radius 3 is 2.42 bits per heavy atom. The molecular weight excluding hydrogens is 508 g/mol. The molecule has 6 nitrogen and oxygen atoms in total. The number of fused-ring (bicyclic) bond motifs is 1. The number of nitrogens with zero attached hydrogens (tertiary/aromatic N) is 4. The first-order valence-corrected chi connectivity index (χ1v) is 7.60. The molecule has 0 atom stereocenters. The van der Waals surface area contributed by atoms with E-state index >= 15 is 0 Å². The minimum atomic E-state index is -0.989. The van der Waals surface area contributed by atoms with Crippen LogP contribution in [-0.4, -0.2) is 26.1 Å². The van der Waals surface area contributed by atoms with Crippen molar-refractivity contribution in [2.24, 2.45) is 0 Å². The van der Waals surface area contributed by atoms with Crippen LogP contribution in [-0.2, 0) is 20.1 Å². The Morgan fingerprint density at radius 2 is 1.77 bits per heavy atom. The normalized spacial score (nSPS) is 9.73. The quantitative estimate of drug-likeness (QED) is 0.434. The Morgan fingerprint density at radius 1 is 1.00 bits per heavy atom. The van der Waals surface area contributed by atoms with Gasteiger partial charge in [-0.2, -0.15) is 0 Å². The number of hydrogen-bond acceptors (Lipinski definition) is 4. The zero-order valence-corrected chi connectivity index (χ0v) is 16.2. The molecule has 26 heavy (non-hydrogen) atoms. The molecule has 0 saturated heterocycles. The number of pyridine rings is 2. The van der Waals surface area contributed by atoms with Crippen LogP contribution < -0.4 is 5.10 Å². The van der Waals surface area contributed by atoms with Gasteiger partial charge in [-0.3, -0.25) is 4.98 Å². The molecule has 0 unspecified atom stereocenters. The third kappa shape index (κ3) is 4.59. The summed E-state index contributed by atoms with van der Waals surface area (Å²) in [6.07, 6.45) is 3.26. The summed E-state index contributed by atoms with van der Waals surface area (Å²) in [6.45, 7) is 1.92. The van der Waals surface area contributed by atoms with Crippen LogP contribution in [0.25, 0.3) is 22.2 Å². The Balaban J connectivity index is 0.000000180. The minimum Gasteiger partial charge on any atom is -0.574 e. The van der Waals surface area contributed by atoms with E-state index in [0.29, 0.717) is 5.39 Å². The van der Waals surface area contributed by atoms with E-state index in [9.17, 15) is 4.79 Å². The molecule has 4 rings (SSSR count). The molecule has 0 aliphatic carbocycles. The van der Waals surface area contributed by atoms with Gasteiger partial charge in [0.2, 0.25) is 0 Å². The second kappa shape index (κ2) is 8.99. The predicted octanol–water partition coefficient (Wildman–Crippen LogP) is 3.34. The average molecular weight is 524 g/mol. The van der Waals surface area contributed by atoms with Crippen molar-refractivity contribution in [2.45, 2.75) is 6.92 Å². The monoisotopic (exact) mass is 524 g/mol. The van der Waals surface area contributed by atoms with E-state index in [1.54, 1.807) is 24.4 Å². The zero-order chi connectivity index (χ0) is 17.6.